The molecule has 0 aliphatic carbocycles. The Morgan fingerprint density at radius 3 is 2.74 bits per heavy atom. The van der Waals surface area contributed by atoms with E-state index in [1.165, 1.54) is 5.56 Å². The number of rotatable bonds is 4. The quantitative estimate of drug-likeness (QED) is 0.808. The predicted molar refractivity (Wildman–Crippen MR) is 116 cm³/mol. The molecule has 4 aliphatic rings. The number of amides is 2. The number of benzene rings is 1. The number of nitrogens with zero attached hydrogens (tertiary/aromatic N) is 5. The molecule has 4 aliphatic heterocycles. The molecule has 0 aromatic heterocycles. The van der Waals surface area contributed by atoms with Crippen LogP contribution in [0.15, 0.2) is 41.3 Å². The third-order valence-corrected chi connectivity index (χ3v) is 6.77. The van der Waals surface area contributed by atoms with Gasteiger partial charge in [-0.1, -0.05) is 19.1 Å². The first-order chi connectivity index (χ1) is 15.1. The molecule has 1 aromatic rings. The second-order valence-electron chi connectivity index (χ2n) is 8.93. The average Bonchev–Trinajstić information content (AvgIpc) is 3.38. The first-order valence-electron chi connectivity index (χ1n) is 11.0. The van der Waals surface area contributed by atoms with E-state index in [0.29, 0.717) is 24.2 Å². The molecule has 5 rings (SSSR count). The van der Waals surface area contributed by atoms with Crippen molar-refractivity contribution in [1.29, 1.82) is 5.26 Å². The van der Waals surface area contributed by atoms with Gasteiger partial charge in [-0.3, -0.25) is 15.1 Å². The number of hydrogen-bond acceptors (Lipinski definition) is 6. The summed E-state index contributed by atoms with van der Waals surface area (Å²) in [5, 5.41) is 12.0. The molecule has 162 valence electrons. The van der Waals surface area contributed by atoms with Crippen molar-refractivity contribution < 1.29 is 9.53 Å². The molecule has 0 saturated carbocycles. The molecule has 2 unspecified atom stereocenters. The first-order valence-corrected chi connectivity index (χ1v) is 11.0. The SMILES string of the molecule is CC1CN(Cc2ccc(C#N)cc2)CC1C1=NC2=CN(C3CCOCC3)CN2C(=O)N1. The van der Waals surface area contributed by atoms with Gasteiger partial charge in [0.05, 0.1) is 11.6 Å². The number of nitrogens with one attached hydrogen (secondary N) is 1. The second-order valence-corrected chi connectivity index (χ2v) is 8.93. The standard InChI is InChI=1S/C23H28N6O2/c1-16-11-27(12-18-4-2-17(10-24)3-5-18)13-20(16)22-25-21-14-28(15-29(21)23(30)26-22)19-6-8-31-9-7-19/h2-5,14,16,19-20H,6-9,11-13,15H2,1H3,(H,25,26,30). The van der Waals surface area contributed by atoms with Crippen LogP contribution in [0.2, 0.25) is 0 Å². The lowest BCUT2D eigenvalue weighted by Crippen LogP contribution is -2.50. The second kappa shape index (κ2) is 8.33. The molecule has 0 radical (unpaired) electrons. The molecule has 31 heavy (non-hydrogen) atoms. The van der Waals surface area contributed by atoms with Gasteiger partial charge < -0.3 is 9.64 Å². The fourth-order valence-corrected chi connectivity index (χ4v) is 4.99. The number of fused-ring (bicyclic) bond motifs is 1. The van der Waals surface area contributed by atoms with Crippen LogP contribution < -0.4 is 5.32 Å². The van der Waals surface area contributed by atoms with Crippen molar-refractivity contribution >= 4 is 11.9 Å². The molecule has 1 N–H and O–H groups in total. The van der Waals surface area contributed by atoms with Gasteiger partial charge in [-0.2, -0.15) is 5.26 Å². The zero-order valence-electron chi connectivity index (χ0n) is 17.8. The number of carbonyl (C=O) groups excluding carboxylic acids is 1. The van der Waals surface area contributed by atoms with Crippen LogP contribution in [-0.4, -0.2) is 65.6 Å². The van der Waals surface area contributed by atoms with E-state index < -0.39 is 0 Å². The minimum atomic E-state index is -0.0800. The summed E-state index contributed by atoms with van der Waals surface area (Å²) in [7, 11) is 0. The molecular weight excluding hydrogens is 392 g/mol. The third-order valence-electron chi connectivity index (χ3n) is 6.77. The minimum Gasteiger partial charge on any atom is -0.381 e. The van der Waals surface area contributed by atoms with Crippen LogP contribution in [0.1, 0.15) is 30.9 Å². The lowest BCUT2D eigenvalue weighted by molar-refractivity contribution is 0.0459. The van der Waals surface area contributed by atoms with E-state index in [4.69, 9.17) is 15.0 Å². The van der Waals surface area contributed by atoms with Crippen molar-refractivity contribution in [3.63, 3.8) is 0 Å². The number of likely N-dealkylation sites (tertiary alicyclic amines) is 1. The van der Waals surface area contributed by atoms with E-state index in [-0.39, 0.29) is 11.9 Å². The zero-order valence-corrected chi connectivity index (χ0v) is 17.8. The fourth-order valence-electron chi connectivity index (χ4n) is 4.99. The van der Waals surface area contributed by atoms with E-state index in [2.05, 4.69) is 28.1 Å². The maximum atomic E-state index is 12.8. The van der Waals surface area contributed by atoms with Crippen LogP contribution in [0.3, 0.4) is 0 Å². The van der Waals surface area contributed by atoms with Gasteiger partial charge in [0.15, 0.2) is 5.82 Å². The molecule has 2 amide bonds. The average molecular weight is 421 g/mol. The summed E-state index contributed by atoms with van der Waals surface area (Å²) in [6.45, 7) is 6.99. The highest BCUT2D eigenvalue weighted by Gasteiger charge is 2.39. The highest BCUT2D eigenvalue weighted by Crippen LogP contribution is 2.30. The summed E-state index contributed by atoms with van der Waals surface area (Å²) < 4.78 is 5.47. The van der Waals surface area contributed by atoms with Crippen molar-refractivity contribution in [1.82, 2.24) is 20.0 Å². The summed E-state index contributed by atoms with van der Waals surface area (Å²) in [5.41, 5.74) is 1.87. The molecule has 8 nitrogen and oxygen atoms in total. The van der Waals surface area contributed by atoms with Crippen molar-refractivity contribution in [2.24, 2.45) is 16.8 Å². The highest BCUT2D eigenvalue weighted by molar-refractivity contribution is 6.02. The molecule has 1 aromatic carbocycles. The number of carbonyl (C=O) groups is 1. The maximum Gasteiger partial charge on any atom is 0.329 e. The third kappa shape index (κ3) is 4.03. The van der Waals surface area contributed by atoms with Gasteiger partial charge in [0.2, 0.25) is 0 Å². The van der Waals surface area contributed by atoms with Crippen LogP contribution in [0.5, 0.6) is 0 Å². The molecular formula is C23H28N6O2. The van der Waals surface area contributed by atoms with Gasteiger partial charge in [-0.05, 0) is 36.5 Å². The Labute approximate surface area is 182 Å². The minimum absolute atomic E-state index is 0.0800. The lowest BCUT2D eigenvalue weighted by atomic mass is 9.96. The predicted octanol–water partition coefficient (Wildman–Crippen LogP) is 2.30. The van der Waals surface area contributed by atoms with Gasteiger partial charge in [0.25, 0.3) is 0 Å². The van der Waals surface area contributed by atoms with Gasteiger partial charge >= 0.3 is 6.03 Å². The molecule has 4 heterocycles. The summed E-state index contributed by atoms with van der Waals surface area (Å²) in [6, 6.07) is 10.3. The van der Waals surface area contributed by atoms with Gasteiger partial charge in [0.1, 0.15) is 12.5 Å². The summed E-state index contributed by atoms with van der Waals surface area (Å²) in [5.74, 6) is 2.14. The van der Waals surface area contributed by atoms with Crippen LogP contribution in [0.25, 0.3) is 0 Å². The van der Waals surface area contributed by atoms with Crippen molar-refractivity contribution in [2.75, 3.05) is 33.0 Å². The summed E-state index contributed by atoms with van der Waals surface area (Å²) in [6.07, 6.45) is 4.02. The molecule has 0 bridgehead atoms. The number of amidine groups is 1. The van der Waals surface area contributed by atoms with E-state index >= 15 is 0 Å². The van der Waals surface area contributed by atoms with Crippen molar-refractivity contribution in [3.05, 3.63) is 47.4 Å². The molecule has 2 fully saturated rings. The van der Waals surface area contributed by atoms with Gasteiger partial charge in [-0.15, -0.1) is 0 Å². The fraction of sp³-hybridized carbons (Fsp3) is 0.522. The van der Waals surface area contributed by atoms with E-state index in [1.807, 2.05) is 30.5 Å². The zero-order chi connectivity index (χ0) is 21.4. The van der Waals surface area contributed by atoms with Crippen molar-refractivity contribution in [2.45, 2.75) is 32.4 Å². The Morgan fingerprint density at radius 2 is 2.00 bits per heavy atom. The number of ether oxygens (including phenoxy) is 1. The number of aliphatic imine (C=N–C) groups is 1. The smallest absolute Gasteiger partial charge is 0.329 e. The molecule has 2 saturated heterocycles. The first kappa shape index (κ1) is 20.0. The number of nitriles is 1. The highest BCUT2D eigenvalue weighted by atomic mass is 16.5. The topological polar surface area (TPSA) is 84.2 Å². The van der Waals surface area contributed by atoms with Gasteiger partial charge in [0, 0.05) is 51.0 Å². The Kier molecular flexibility index (Phi) is 5.38. The van der Waals surface area contributed by atoms with Crippen molar-refractivity contribution in [3.8, 4) is 6.07 Å². The van der Waals surface area contributed by atoms with Crippen LogP contribution in [0.4, 0.5) is 4.79 Å². The maximum absolute atomic E-state index is 12.8. The van der Waals surface area contributed by atoms with E-state index in [1.54, 1.807) is 4.90 Å². The molecule has 0 spiro atoms. The number of urea groups is 1. The molecule has 2 atom stereocenters. The molecule has 8 heteroatoms. The summed E-state index contributed by atoms with van der Waals surface area (Å²) in [4.78, 5) is 24.0. The van der Waals surface area contributed by atoms with Crippen LogP contribution >= 0.6 is 0 Å². The Morgan fingerprint density at radius 1 is 1.23 bits per heavy atom. The monoisotopic (exact) mass is 420 g/mol. The number of hydrogen-bond donors (Lipinski definition) is 1. The van der Waals surface area contributed by atoms with Crippen LogP contribution in [-0.2, 0) is 11.3 Å². The Hall–Kier alpha value is -2.89. The lowest BCUT2D eigenvalue weighted by Gasteiger charge is -2.32. The Bertz CT molecular complexity index is 944. The Balaban J connectivity index is 1.28. The van der Waals surface area contributed by atoms with E-state index in [0.717, 1.165) is 57.3 Å². The largest absolute Gasteiger partial charge is 0.381 e. The normalized spacial score (nSPS) is 26.9. The van der Waals surface area contributed by atoms with E-state index in [9.17, 15) is 4.79 Å². The summed E-state index contributed by atoms with van der Waals surface area (Å²) >= 11 is 0. The van der Waals surface area contributed by atoms with Crippen LogP contribution in [0, 0.1) is 23.2 Å². The van der Waals surface area contributed by atoms with Gasteiger partial charge in [-0.25, -0.2) is 9.79 Å².